The second kappa shape index (κ2) is 13.9. The van der Waals surface area contributed by atoms with Crippen molar-refractivity contribution in [3.8, 4) is 5.75 Å². The topological polar surface area (TPSA) is 55.8 Å². The van der Waals surface area contributed by atoms with Crippen molar-refractivity contribution in [2.24, 2.45) is 0 Å². The third-order valence-corrected chi connectivity index (χ3v) is 7.27. The Hall–Kier alpha value is -4.07. The summed E-state index contributed by atoms with van der Waals surface area (Å²) >= 11 is 0. The van der Waals surface area contributed by atoms with Crippen molar-refractivity contribution in [1.29, 1.82) is 0 Å². The molecular formula is C35H38F3NO4. The van der Waals surface area contributed by atoms with Crippen LogP contribution >= 0.6 is 0 Å². The van der Waals surface area contributed by atoms with Gasteiger partial charge in [0.05, 0.1) is 12.1 Å². The van der Waals surface area contributed by atoms with E-state index in [0.717, 1.165) is 30.5 Å². The van der Waals surface area contributed by atoms with E-state index in [0.29, 0.717) is 11.4 Å². The maximum absolute atomic E-state index is 13.5. The Morgan fingerprint density at radius 3 is 2.30 bits per heavy atom. The van der Waals surface area contributed by atoms with Crippen LogP contribution in [0.4, 0.5) is 18.9 Å². The van der Waals surface area contributed by atoms with Crippen LogP contribution in [-0.4, -0.2) is 17.7 Å². The highest BCUT2D eigenvalue weighted by atomic mass is 19.4. The van der Waals surface area contributed by atoms with Crippen LogP contribution in [0.1, 0.15) is 91.9 Å². The van der Waals surface area contributed by atoms with Gasteiger partial charge in [0.2, 0.25) is 5.79 Å². The molecule has 3 aromatic rings. The number of ether oxygens (including phenoxy) is 2. The van der Waals surface area contributed by atoms with Gasteiger partial charge in [0, 0.05) is 25.6 Å². The van der Waals surface area contributed by atoms with Crippen molar-refractivity contribution in [2.45, 2.75) is 84.2 Å². The normalized spacial score (nSPS) is 14.2. The highest BCUT2D eigenvalue weighted by molar-refractivity contribution is 6.05. The van der Waals surface area contributed by atoms with Crippen molar-refractivity contribution in [3.63, 3.8) is 0 Å². The third kappa shape index (κ3) is 8.96. The first-order chi connectivity index (χ1) is 20.4. The molecule has 1 aliphatic rings. The lowest BCUT2D eigenvalue weighted by Gasteiger charge is -2.32. The van der Waals surface area contributed by atoms with Gasteiger partial charge in [0.25, 0.3) is 5.91 Å². The number of cyclic esters (lactones) is 1. The van der Waals surface area contributed by atoms with Crippen LogP contribution in [0.5, 0.6) is 5.75 Å². The molecule has 5 nitrogen and oxygen atoms in total. The summed E-state index contributed by atoms with van der Waals surface area (Å²) in [5.74, 6) is -1.81. The average Bonchev–Trinajstić information content (AvgIpc) is 2.96. The molecule has 43 heavy (non-hydrogen) atoms. The molecule has 0 unspecified atom stereocenters. The Labute approximate surface area is 251 Å². The van der Waals surface area contributed by atoms with Crippen molar-refractivity contribution < 1.29 is 32.2 Å². The molecule has 0 bridgehead atoms. The smallest absolute Gasteiger partial charge is 0.416 e. The zero-order chi connectivity index (χ0) is 31.0. The van der Waals surface area contributed by atoms with Gasteiger partial charge in [-0.1, -0.05) is 75.4 Å². The number of fused-ring (bicyclic) bond motifs is 1. The van der Waals surface area contributed by atoms with Crippen LogP contribution in [0, 0.1) is 0 Å². The Balaban J connectivity index is 1.55. The standard InChI is InChI=1S/C35H38F3NO4/c1-4-5-6-7-8-9-11-25-14-16-27(17-15-25)24-39(29-19-20-31-30(23-29)33(41)43-34(2,3)42-31)32(40)21-18-26-12-10-13-28(22-26)35(36,37)38/h10,12-23H,4-9,11,24H2,1-3H3/b21-18+. The van der Waals surface area contributed by atoms with Gasteiger partial charge in [0.15, 0.2) is 0 Å². The minimum absolute atomic E-state index is 0.184. The fourth-order valence-corrected chi connectivity index (χ4v) is 4.97. The van der Waals surface area contributed by atoms with Crippen molar-refractivity contribution in [3.05, 3.63) is 101 Å². The molecule has 0 fully saturated rings. The number of nitrogens with zero attached hydrogens (tertiary/aromatic N) is 1. The first kappa shape index (κ1) is 31.9. The average molecular weight is 594 g/mol. The molecule has 0 N–H and O–H groups in total. The lowest BCUT2D eigenvalue weighted by atomic mass is 10.0. The maximum Gasteiger partial charge on any atom is 0.416 e. The Morgan fingerprint density at radius 1 is 0.884 bits per heavy atom. The fourth-order valence-electron chi connectivity index (χ4n) is 4.97. The molecule has 1 amide bonds. The molecule has 0 saturated heterocycles. The van der Waals surface area contributed by atoms with Crippen LogP contribution in [-0.2, 0) is 28.7 Å². The second-order valence-electron chi connectivity index (χ2n) is 11.3. The molecule has 228 valence electrons. The number of anilines is 1. The predicted octanol–water partition coefficient (Wildman–Crippen LogP) is 9.14. The summed E-state index contributed by atoms with van der Waals surface area (Å²) in [4.78, 5) is 27.7. The fraction of sp³-hybridized carbons (Fsp3) is 0.371. The van der Waals surface area contributed by atoms with E-state index in [1.165, 1.54) is 72.9 Å². The summed E-state index contributed by atoms with van der Waals surface area (Å²) in [5.41, 5.74) is 2.14. The molecule has 3 aromatic carbocycles. The molecular weight excluding hydrogens is 555 g/mol. The molecule has 0 radical (unpaired) electrons. The summed E-state index contributed by atoms with van der Waals surface area (Å²) in [6.45, 7) is 5.65. The van der Waals surface area contributed by atoms with Crippen LogP contribution in [0.15, 0.2) is 72.8 Å². The van der Waals surface area contributed by atoms with Gasteiger partial charge < -0.3 is 14.4 Å². The van der Waals surface area contributed by atoms with Gasteiger partial charge in [-0.05, 0) is 65.9 Å². The van der Waals surface area contributed by atoms with Crippen molar-refractivity contribution >= 4 is 23.6 Å². The van der Waals surface area contributed by atoms with Crippen LogP contribution < -0.4 is 9.64 Å². The zero-order valence-corrected chi connectivity index (χ0v) is 24.9. The van der Waals surface area contributed by atoms with E-state index in [-0.39, 0.29) is 17.7 Å². The molecule has 0 atom stereocenters. The molecule has 4 rings (SSSR count). The number of carbonyl (C=O) groups excluding carboxylic acids is 2. The monoisotopic (exact) mass is 593 g/mol. The lowest BCUT2D eigenvalue weighted by Crippen LogP contribution is -2.39. The van der Waals surface area contributed by atoms with Crippen molar-refractivity contribution in [1.82, 2.24) is 0 Å². The van der Waals surface area contributed by atoms with Gasteiger partial charge in [-0.3, -0.25) is 4.79 Å². The number of halogens is 3. The first-order valence-electron chi connectivity index (χ1n) is 14.8. The van der Waals surface area contributed by atoms with Crippen LogP contribution in [0.2, 0.25) is 0 Å². The maximum atomic E-state index is 13.5. The minimum atomic E-state index is -4.49. The highest BCUT2D eigenvalue weighted by Crippen LogP contribution is 2.35. The number of rotatable bonds is 12. The lowest BCUT2D eigenvalue weighted by molar-refractivity contribution is -0.137. The minimum Gasteiger partial charge on any atom is -0.452 e. The number of amides is 1. The summed E-state index contributed by atoms with van der Waals surface area (Å²) < 4.78 is 50.7. The zero-order valence-electron chi connectivity index (χ0n) is 24.9. The number of carbonyl (C=O) groups is 2. The van der Waals surface area contributed by atoms with E-state index >= 15 is 0 Å². The van der Waals surface area contributed by atoms with E-state index in [2.05, 4.69) is 19.1 Å². The number of benzene rings is 3. The number of hydrogen-bond donors (Lipinski definition) is 0. The molecule has 0 spiro atoms. The second-order valence-corrected chi connectivity index (χ2v) is 11.3. The van der Waals surface area contributed by atoms with Crippen LogP contribution in [0.3, 0.4) is 0 Å². The van der Waals surface area contributed by atoms with E-state index in [1.807, 2.05) is 12.1 Å². The van der Waals surface area contributed by atoms with Gasteiger partial charge >= 0.3 is 12.1 Å². The SMILES string of the molecule is CCCCCCCCc1ccc(CN(C(=O)/C=C/c2cccc(C(F)(F)F)c2)c2ccc3c(c2)C(=O)OC(C)(C)O3)cc1. The summed E-state index contributed by atoms with van der Waals surface area (Å²) in [5, 5.41) is 0. The molecule has 8 heteroatoms. The largest absolute Gasteiger partial charge is 0.452 e. The van der Waals surface area contributed by atoms with Crippen molar-refractivity contribution in [2.75, 3.05) is 4.90 Å². The summed E-state index contributed by atoms with van der Waals surface area (Å²) in [6.07, 6.45) is 6.42. The number of esters is 1. The van der Waals surface area contributed by atoms with Gasteiger partial charge in [-0.25, -0.2) is 4.79 Å². The Morgan fingerprint density at radius 2 is 1.58 bits per heavy atom. The molecule has 0 aliphatic carbocycles. The molecule has 0 aromatic heterocycles. The van der Waals surface area contributed by atoms with Gasteiger partial charge in [-0.15, -0.1) is 0 Å². The highest BCUT2D eigenvalue weighted by Gasteiger charge is 2.34. The summed E-state index contributed by atoms with van der Waals surface area (Å²) in [6, 6.07) is 17.7. The van der Waals surface area contributed by atoms with Gasteiger partial charge in [0.1, 0.15) is 11.3 Å². The number of alkyl halides is 3. The predicted molar refractivity (Wildman–Crippen MR) is 162 cm³/mol. The number of aryl methyl sites for hydroxylation is 1. The number of unbranched alkanes of at least 4 members (excludes halogenated alkanes) is 5. The van der Waals surface area contributed by atoms with Crippen LogP contribution in [0.25, 0.3) is 6.08 Å². The van der Waals surface area contributed by atoms with E-state index < -0.39 is 29.4 Å². The quantitative estimate of drug-likeness (QED) is 0.119. The molecule has 1 heterocycles. The Kier molecular flexibility index (Phi) is 10.3. The molecule has 1 aliphatic heterocycles. The summed E-state index contributed by atoms with van der Waals surface area (Å²) in [7, 11) is 0. The third-order valence-electron chi connectivity index (χ3n) is 7.27. The van der Waals surface area contributed by atoms with Gasteiger partial charge in [-0.2, -0.15) is 13.2 Å². The van der Waals surface area contributed by atoms with E-state index in [9.17, 15) is 22.8 Å². The van der Waals surface area contributed by atoms with E-state index in [4.69, 9.17) is 9.47 Å². The van der Waals surface area contributed by atoms with E-state index in [1.54, 1.807) is 26.0 Å². The number of hydrogen-bond acceptors (Lipinski definition) is 4. The first-order valence-corrected chi connectivity index (χ1v) is 14.8. The Bertz CT molecular complexity index is 1440. The molecule has 0 saturated carbocycles.